The van der Waals surface area contributed by atoms with Crippen LogP contribution in [0.5, 0.6) is 0 Å². The molecule has 1 saturated heterocycles. The van der Waals surface area contributed by atoms with Crippen molar-refractivity contribution in [2.75, 3.05) is 13.1 Å². The van der Waals surface area contributed by atoms with E-state index in [-0.39, 0.29) is 0 Å². The fraction of sp³-hybridized carbons (Fsp3) is 0.800. The van der Waals surface area contributed by atoms with Crippen molar-refractivity contribution < 1.29 is 0 Å². The van der Waals surface area contributed by atoms with Gasteiger partial charge in [0.2, 0.25) is 0 Å². The molecule has 3 rings (SSSR count). The zero-order chi connectivity index (χ0) is 10.3. The molecule has 1 aromatic rings. The second kappa shape index (κ2) is 3.57. The minimum atomic E-state index is 0.316. The first-order chi connectivity index (χ1) is 7.34. The monoisotopic (exact) mass is 207 g/mol. The van der Waals surface area contributed by atoms with Crippen LogP contribution in [0.2, 0.25) is 0 Å². The summed E-state index contributed by atoms with van der Waals surface area (Å²) in [5.41, 5.74) is 0. The molecule has 5 nitrogen and oxygen atoms in total. The molecule has 0 radical (unpaired) electrons. The highest BCUT2D eigenvalue weighted by Crippen LogP contribution is 2.19. The summed E-state index contributed by atoms with van der Waals surface area (Å²) in [6.45, 7) is 5.41. The molecule has 0 bridgehead atoms. The summed E-state index contributed by atoms with van der Waals surface area (Å²) in [4.78, 5) is 0. The SMILES string of the molecule is CC(NC1CNC1)c1nnc2n1CCC2. The van der Waals surface area contributed by atoms with Crippen LogP contribution in [0.3, 0.4) is 0 Å². The lowest BCUT2D eigenvalue weighted by Gasteiger charge is -2.30. The second-order valence-electron chi connectivity index (χ2n) is 4.47. The van der Waals surface area contributed by atoms with Gasteiger partial charge in [0.1, 0.15) is 11.6 Å². The molecule has 1 fully saturated rings. The Kier molecular flexibility index (Phi) is 2.21. The molecule has 2 aliphatic rings. The molecule has 0 amide bonds. The third-order valence-electron chi connectivity index (χ3n) is 3.29. The lowest BCUT2D eigenvalue weighted by atomic mass is 10.1. The van der Waals surface area contributed by atoms with Crippen molar-refractivity contribution in [1.29, 1.82) is 0 Å². The van der Waals surface area contributed by atoms with Gasteiger partial charge in [-0.15, -0.1) is 10.2 Å². The number of rotatable bonds is 3. The smallest absolute Gasteiger partial charge is 0.149 e. The highest BCUT2D eigenvalue weighted by atomic mass is 15.3. The van der Waals surface area contributed by atoms with Crippen LogP contribution in [0.25, 0.3) is 0 Å². The summed E-state index contributed by atoms with van der Waals surface area (Å²) >= 11 is 0. The van der Waals surface area contributed by atoms with Gasteiger partial charge < -0.3 is 15.2 Å². The third kappa shape index (κ3) is 1.55. The van der Waals surface area contributed by atoms with Gasteiger partial charge in [-0.3, -0.25) is 0 Å². The molecule has 2 aliphatic heterocycles. The number of nitrogens with zero attached hydrogens (tertiary/aromatic N) is 3. The van der Waals surface area contributed by atoms with Crippen LogP contribution >= 0.6 is 0 Å². The van der Waals surface area contributed by atoms with E-state index in [4.69, 9.17) is 0 Å². The maximum absolute atomic E-state index is 4.28. The molecule has 15 heavy (non-hydrogen) atoms. The van der Waals surface area contributed by atoms with E-state index < -0.39 is 0 Å². The predicted molar refractivity (Wildman–Crippen MR) is 56.6 cm³/mol. The van der Waals surface area contributed by atoms with Crippen molar-refractivity contribution in [3.8, 4) is 0 Å². The summed E-state index contributed by atoms with van der Waals surface area (Å²) < 4.78 is 2.27. The van der Waals surface area contributed by atoms with Gasteiger partial charge >= 0.3 is 0 Å². The minimum absolute atomic E-state index is 0.316. The van der Waals surface area contributed by atoms with E-state index in [1.54, 1.807) is 0 Å². The standard InChI is InChI=1S/C10H17N5/c1-7(12-8-5-11-6-8)10-14-13-9-3-2-4-15(9)10/h7-8,11-12H,2-6H2,1H3. The van der Waals surface area contributed by atoms with Crippen LogP contribution in [0.15, 0.2) is 0 Å². The summed E-state index contributed by atoms with van der Waals surface area (Å²) in [5.74, 6) is 2.26. The Bertz CT molecular complexity index is 355. The van der Waals surface area contributed by atoms with Crippen molar-refractivity contribution in [3.63, 3.8) is 0 Å². The van der Waals surface area contributed by atoms with Crippen LogP contribution < -0.4 is 10.6 Å². The van der Waals surface area contributed by atoms with Gasteiger partial charge in [-0.1, -0.05) is 0 Å². The summed E-state index contributed by atoms with van der Waals surface area (Å²) in [6.07, 6.45) is 2.31. The Balaban J connectivity index is 1.73. The molecule has 0 aromatic carbocycles. The fourth-order valence-corrected chi connectivity index (χ4v) is 2.33. The number of aromatic nitrogens is 3. The zero-order valence-electron chi connectivity index (χ0n) is 9.03. The fourth-order valence-electron chi connectivity index (χ4n) is 2.33. The third-order valence-corrected chi connectivity index (χ3v) is 3.29. The molecule has 0 saturated carbocycles. The van der Waals surface area contributed by atoms with E-state index in [1.807, 2.05) is 0 Å². The summed E-state index contributed by atoms with van der Waals surface area (Å²) in [7, 11) is 0. The summed E-state index contributed by atoms with van der Waals surface area (Å²) in [6, 6.07) is 0.922. The van der Waals surface area contributed by atoms with Gasteiger partial charge in [-0.25, -0.2) is 0 Å². The lowest BCUT2D eigenvalue weighted by molar-refractivity contribution is 0.329. The largest absolute Gasteiger partial charge is 0.314 e. The maximum Gasteiger partial charge on any atom is 0.149 e. The molecule has 0 aliphatic carbocycles. The average Bonchev–Trinajstić information content (AvgIpc) is 2.71. The van der Waals surface area contributed by atoms with Gasteiger partial charge in [0.05, 0.1) is 6.04 Å². The minimum Gasteiger partial charge on any atom is -0.314 e. The van der Waals surface area contributed by atoms with E-state index in [0.29, 0.717) is 12.1 Å². The van der Waals surface area contributed by atoms with Gasteiger partial charge in [0.25, 0.3) is 0 Å². The van der Waals surface area contributed by atoms with Crippen molar-refractivity contribution in [2.24, 2.45) is 0 Å². The Hall–Kier alpha value is -0.940. The van der Waals surface area contributed by atoms with Gasteiger partial charge in [-0.2, -0.15) is 0 Å². The Morgan fingerprint density at radius 1 is 1.47 bits per heavy atom. The molecular formula is C10H17N5. The van der Waals surface area contributed by atoms with E-state index in [0.717, 1.165) is 37.7 Å². The van der Waals surface area contributed by atoms with Crippen LogP contribution in [0, 0.1) is 0 Å². The Labute approximate surface area is 89.3 Å². The molecule has 2 N–H and O–H groups in total. The van der Waals surface area contributed by atoms with E-state index in [1.165, 1.54) is 6.42 Å². The van der Waals surface area contributed by atoms with Crippen LogP contribution in [-0.4, -0.2) is 33.9 Å². The second-order valence-corrected chi connectivity index (χ2v) is 4.47. The van der Waals surface area contributed by atoms with E-state index >= 15 is 0 Å². The summed E-state index contributed by atoms with van der Waals surface area (Å²) in [5, 5.41) is 15.3. The topological polar surface area (TPSA) is 54.8 Å². The zero-order valence-corrected chi connectivity index (χ0v) is 9.03. The first-order valence-electron chi connectivity index (χ1n) is 5.73. The number of nitrogens with one attached hydrogen (secondary N) is 2. The Morgan fingerprint density at radius 3 is 3.07 bits per heavy atom. The number of hydrogen-bond acceptors (Lipinski definition) is 4. The van der Waals surface area contributed by atoms with E-state index in [9.17, 15) is 0 Å². The highest BCUT2D eigenvalue weighted by molar-refractivity contribution is 5.05. The van der Waals surface area contributed by atoms with Gasteiger partial charge in [0.15, 0.2) is 0 Å². The number of aryl methyl sites for hydroxylation is 1. The predicted octanol–water partition coefficient (Wildman–Crippen LogP) is -0.153. The maximum atomic E-state index is 4.28. The van der Waals surface area contributed by atoms with Crippen molar-refractivity contribution in [2.45, 2.75) is 38.4 Å². The average molecular weight is 207 g/mol. The van der Waals surface area contributed by atoms with Gasteiger partial charge in [0, 0.05) is 32.1 Å². The van der Waals surface area contributed by atoms with E-state index in [2.05, 4.69) is 32.3 Å². The Morgan fingerprint density at radius 2 is 2.33 bits per heavy atom. The molecule has 3 heterocycles. The first kappa shape index (κ1) is 9.30. The van der Waals surface area contributed by atoms with Crippen molar-refractivity contribution >= 4 is 0 Å². The van der Waals surface area contributed by atoms with Crippen LogP contribution in [0.1, 0.15) is 31.0 Å². The lowest BCUT2D eigenvalue weighted by Crippen LogP contribution is -2.56. The number of hydrogen-bond donors (Lipinski definition) is 2. The number of fused-ring (bicyclic) bond motifs is 1. The first-order valence-corrected chi connectivity index (χ1v) is 5.73. The molecule has 5 heteroatoms. The van der Waals surface area contributed by atoms with Crippen molar-refractivity contribution in [3.05, 3.63) is 11.6 Å². The quantitative estimate of drug-likeness (QED) is 0.723. The van der Waals surface area contributed by atoms with Gasteiger partial charge in [-0.05, 0) is 13.3 Å². The molecular weight excluding hydrogens is 190 g/mol. The molecule has 82 valence electrons. The van der Waals surface area contributed by atoms with Crippen LogP contribution in [-0.2, 0) is 13.0 Å². The van der Waals surface area contributed by atoms with Crippen LogP contribution in [0.4, 0.5) is 0 Å². The molecule has 1 aromatic heterocycles. The molecule has 1 atom stereocenters. The molecule has 1 unspecified atom stereocenters. The van der Waals surface area contributed by atoms with Crippen molar-refractivity contribution in [1.82, 2.24) is 25.4 Å². The normalized spacial score (nSPS) is 22.5. The highest BCUT2D eigenvalue weighted by Gasteiger charge is 2.24. The molecule has 0 spiro atoms.